The van der Waals surface area contributed by atoms with E-state index in [9.17, 15) is 29.1 Å². The highest BCUT2D eigenvalue weighted by Gasteiger charge is 2.49. The molecule has 1 fully saturated rings. The monoisotopic (exact) mass is 797 g/mol. The van der Waals surface area contributed by atoms with Crippen molar-refractivity contribution in [2.75, 3.05) is 6.61 Å². The Morgan fingerprint density at radius 1 is 0.517 bits per heavy atom. The lowest BCUT2D eigenvalue weighted by molar-refractivity contribution is -0.208. The molecule has 314 valence electrons. The average Bonchev–Trinajstić information content (AvgIpc) is 3.55. The molecule has 3 aromatic rings. The van der Waals surface area contributed by atoms with E-state index < -0.39 is 40.7 Å². The fourth-order valence-corrected chi connectivity index (χ4v) is 7.98. The van der Waals surface area contributed by atoms with Crippen LogP contribution >= 0.6 is 0 Å². The minimum absolute atomic E-state index is 0.0618. The maximum atomic E-state index is 13.5. The molecule has 0 spiro atoms. The lowest BCUT2D eigenvalue weighted by atomic mass is 9.77. The van der Waals surface area contributed by atoms with Gasteiger partial charge in [0.2, 0.25) is 0 Å². The van der Waals surface area contributed by atoms with Crippen LogP contribution in [0.15, 0.2) is 91.0 Å². The molecule has 1 unspecified atom stereocenters. The number of ether oxygens (including phenoxy) is 1. The van der Waals surface area contributed by atoms with E-state index in [-0.39, 0.29) is 32.1 Å². The van der Waals surface area contributed by atoms with Crippen LogP contribution < -0.4 is 0 Å². The molecule has 58 heavy (non-hydrogen) atoms. The van der Waals surface area contributed by atoms with E-state index in [1.54, 1.807) is 0 Å². The smallest absolute Gasteiger partial charge is 0.350 e. The zero-order valence-corrected chi connectivity index (χ0v) is 34.1. The summed E-state index contributed by atoms with van der Waals surface area (Å²) < 4.78 is 6.91. The van der Waals surface area contributed by atoms with Gasteiger partial charge >= 0.3 is 17.9 Å². The number of carboxylic acid groups (broad SMARTS) is 2. The topological polar surface area (TPSA) is 148 Å². The fourth-order valence-electron chi connectivity index (χ4n) is 7.98. The molecule has 0 aliphatic carbocycles. The number of carbonyl (C=O) groups excluding carboxylic acids is 3. The summed E-state index contributed by atoms with van der Waals surface area (Å²) in [4.78, 5) is 66.5. The second-order valence-electron chi connectivity index (χ2n) is 15.6. The van der Waals surface area contributed by atoms with E-state index in [2.05, 4.69) is 72.8 Å². The number of rotatable bonds is 30. The van der Waals surface area contributed by atoms with Crippen molar-refractivity contribution in [2.24, 2.45) is 5.41 Å². The first-order valence-corrected chi connectivity index (χ1v) is 21.5. The van der Waals surface area contributed by atoms with Gasteiger partial charge in [-0.2, -0.15) is 0 Å². The van der Waals surface area contributed by atoms with Crippen LogP contribution in [0.25, 0.3) is 0 Å². The third kappa shape index (κ3) is 13.6. The summed E-state index contributed by atoms with van der Waals surface area (Å²) in [5.41, 5.74) is 0.735. The molecule has 0 saturated carbocycles. The molecule has 0 bridgehead atoms. The summed E-state index contributed by atoms with van der Waals surface area (Å²) in [6.45, 7) is 0.614. The number of hydrogen-bond donors (Lipinski definition) is 2. The standard InChI is InChI=1S/C48H63NO9/c50-42-34-35-43(51)49(42)58-46(56)47(45(54)55,37-25-12-8-4-2-6-10-23-33-44(52)53)36-24-11-7-3-1-5-9-13-26-38-57-48(39-27-17-14-18-28-39,40-29-19-15-20-30-40)41-31-21-16-22-32-41/h14-22,27-32H,1-13,23-26,33-38H2,(H,52,53)(H,54,55). The Morgan fingerprint density at radius 2 is 0.879 bits per heavy atom. The van der Waals surface area contributed by atoms with E-state index in [1.165, 1.54) is 0 Å². The largest absolute Gasteiger partial charge is 0.481 e. The highest BCUT2D eigenvalue weighted by molar-refractivity contribution is 6.04. The Balaban J connectivity index is 1.19. The third-order valence-corrected chi connectivity index (χ3v) is 11.3. The molecule has 4 rings (SSSR count). The predicted molar refractivity (Wildman–Crippen MR) is 222 cm³/mol. The first-order chi connectivity index (χ1) is 28.2. The Kier molecular flexibility index (Phi) is 19.6. The van der Waals surface area contributed by atoms with Gasteiger partial charge in [-0.1, -0.05) is 187 Å². The van der Waals surface area contributed by atoms with E-state index in [0.717, 1.165) is 107 Å². The van der Waals surface area contributed by atoms with Crippen LogP contribution in [0.1, 0.15) is 158 Å². The minimum atomic E-state index is -1.83. The molecule has 1 aliphatic rings. The van der Waals surface area contributed by atoms with Crippen molar-refractivity contribution in [2.45, 2.75) is 147 Å². The van der Waals surface area contributed by atoms with Crippen molar-refractivity contribution in [1.29, 1.82) is 0 Å². The number of nitrogens with zero attached hydrogens (tertiary/aromatic N) is 1. The molecule has 2 amide bonds. The zero-order valence-electron chi connectivity index (χ0n) is 34.1. The molecule has 1 heterocycles. The number of aliphatic carboxylic acids is 2. The fraction of sp³-hybridized carbons (Fsp3) is 0.521. The summed E-state index contributed by atoms with van der Waals surface area (Å²) in [6, 6.07) is 31.2. The quantitative estimate of drug-likeness (QED) is 0.0291. The molecule has 2 N–H and O–H groups in total. The number of hydrogen-bond acceptors (Lipinski definition) is 7. The van der Waals surface area contributed by atoms with Gasteiger partial charge in [0.15, 0.2) is 5.41 Å². The van der Waals surface area contributed by atoms with Crippen molar-refractivity contribution in [1.82, 2.24) is 5.06 Å². The van der Waals surface area contributed by atoms with Crippen molar-refractivity contribution in [3.63, 3.8) is 0 Å². The van der Waals surface area contributed by atoms with Crippen LogP contribution in [0, 0.1) is 5.41 Å². The van der Waals surface area contributed by atoms with Gasteiger partial charge < -0.3 is 19.8 Å². The molecular weight excluding hydrogens is 735 g/mol. The molecule has 3 aromatic carbocycles. The van der Waals surface area contributed by atoms with Crippen LogP contribution in [0.3, 0.4) is 0 Å². The van der Waals surface area contributed by atoms with Gasteiger partial charge in [0, 0.05) is 25.9 Å². The highest BCUT2D eigenvalue weighted by Crippen LogP contribution is 2.41. The molecular formula is C48H63NO9. The highest BCUT2D eigenvalue weighted by atomic mass is 16.7. The number of carboxylic acids is 2. The SMILES string of the molecule is O=C(O)CCCCCCCCCCC(CCCCCCCCCCCOC(c1ccccc1)(c1ccccc1)c1ccccc1)(C(=O)O)C(=O)ON1C(=O)CCC1=O. The van der Waals surface area contributed by atoms with Crippen LogP contribution in [0.5, 0.6) is 0 Å². The zero-order chi connectivity index (χ0) is 41.5. The Bertz CT molecular complexity index is 1590. The first-order valence-electron chi connectivity index (χ1n) is 21.5. The number of amides is 2. The van der Waals surface area contributed by atoms with E-state index >= 15 is 0 Å². The van der Waals surface area contributed by atoms with Crippen molar-refractivity contribution in [3.05, 3.63) is 108 Å². The Labute approximate surface area is 344 Å². The second kappa shape index (κ2) is 24.8. The number of unbranched alkanes of at least 4 members (excludes halogenated alkanes) is 15. The molecule has 1 aliphatic heterocycles. The molecule has 10 nitrogen and oxygen atoms in total. The number of carbonyl (C=O) groups is 5. The normalized spacial score (nSPS) is 14.0. The van der Waals surface area contributed by atoms with Gasteiger partial charge in [0.1, 0.15) is 5.60 Å². The average molecular weight is 798 g/mol. The maximum absolute atomic E-state index is 13.5. The maximum Gasteiger partial charge on any atom is 0.350 e. The second-order valence-corrected chi connectivity index (χ2v) is 15.6. The van der Waals surface area contributed by atoms with Crippen LogP contribution in [-0.2, 0) is 39.1 Å². The molecule has 0 radical (unpaired) electrons. The molecule has 1 saturated heterocycles. The third-order valence-electron chi connectivity index (χ3n) is 11.3. The number of hydroxylamine groups is 2. The number of imide groups is 1. The number of benzene rings is 3. The Morgan fingerprint density at radius 3 is 1.26 bits per heavy atom. The van der Waals surface area contributed by atoms with E-state index in [4.69, 9.17) is 14.7 Å². The summed E-state index contributed by atoms with van der Waals surface area (Å²) in [5, 5.41) is 19.6. The summed E-state index contributed by atoms with van der Waals surface area (Å²) >= 11 is 0. The van der Waals surface area contributed by atoms with Crippen LogP contribution in [-0.4, -0.2) is 51.6 Å². The minimum Gasteiger partial charge on any atom is -0.481 e. The lowest BCUT2D eigenvalue weighted by Crippen LogP contribution is -2.45. The van der Waals surface area contributed by atoms with Gasteiger partial charge in [-0.05, 0) is 42.4 Å². The van der Waals surface area contributed by atoms with Crippen molar-refractivity contribution >= 4 is 29.7 Å². The van der Waals surface area contributed by atoms with Gasteiger partial charge in [-0.3, -0.25) is 19.2 Å². The Hall–Kier alpha value is -4.83. The van der Waals surface area contributed by atoms with E-state index in [1.807, 2.05) is 18.2 Å². The van der Waals surface area contributed by atoms with Gasteiger partial charge in [0.05, 0.1) is 0 Å². The van der Waals surface area contributed by atoms with Crippen LogP contribution in [0.4, 0.5) is 0 Å². The molecule has 10 heteroatoms. The summed E-state index contributed by atoms with van der Waals surface area (Å²) in [5.74, 6) is -4.37. The van der Waals surface area contributed by atoms with Crippen molar-refractivity contribution < 1.29 is 43.8 Å². The molecule has 1 atom stereocenters. The predicted octanol–water partition coefficient (Wildman–Crippen LogP) is 10.6. The van der Waals surface area contributed by atoms with Gasteiger partial charge in [-0.25, -0.2) is 4.79 Å². The summed E-state index contributed by atoms with van der Waals surface area (Å²) in [7, 11) is 0. The van der Waals surface area contributed by atoms with E-state index in [0.29, 0.717) is 30.9 Å². The lowest BCUT2D eigenvalue weighted by Gasteiger charge is -2.36. The van der Waals surface area contributed by atoms with Crippen molar-refractivity contribution in [3.8, 4) is 0 Å². The molecule has 0 aromatic heterocycles. The van der Waals surface area contributed by atoms with Gasteiger partial charge in [-0.15, -0.1) is 5.06 Å². The van der Waals surface area contributed by atoms with Crippen LogP contribution in [0.2, 0.25) is 0 Å². The first kappa shape index (κ1) is 45.9. The summed E-state index contributed by atoms with van der Waals surface area (Å²) in [6.07, 6.45) is 15.1. The van der Waals surface area contributed by atoms with Gasteiger partial charge in [0.25, 0.3) is 11.8 Å².